The van der Waals surface area contributed by atoms with Gasteiger partial charge in [0.1, 0.15) is 18.3 Å². The van der Waals surface area contributed by atoms with Crippen molar-refractivity contribution in [3.05, 3.63) is 42.1 Å². The first-order chi connectivity index (χ1) is 17.8. The number of carbonyl (C=O) groups is 1. The summed E-state index contributed by atoms with van der Waals surface area (Å²) >= 11 is 0. The van der Waals surface area contributed by atoms with Gasteiger partial charge in [0.05, 0.1) is 31.9 Å². The molecule has 202 valence electrons. The van der Waals surface area contributed by atoms with E-state index in [1.165, 1.54) is 0 Å². The predicted molar refractivity (Wildman–Crippen MR) is 134 cm³/mol. The minimum absolute atomic E-state index is 0.0536. The van der Waals surface area contributed by atoms with Gasteiger partial charge in [-0.25, -0.2) is 4.68 Å². The van der Waals surface area contributed by atoms with Gasteiger partial charge in [0, 0.05) is 26.2 Å². The quantitative estimate of drug-likeness (QED) is 0.461. The summed E-state index contributed by atoms with van der Waals surface area (Å²) in [6.45, 7) is 9.79. The second-order valence-electron chi connectivity index (χ2n) is 10.3. The van der Waals surface area contributed by atoms with Crippen LogP contribution in [0.4, 0.5) is 5.82 Å². The van der Waals surface area contributed by atoms with E-state index in [4.69, 9.17) is 23.7 Å². The lowest BCUT2D eigenvalue weighted by molar-refractivity contribution is -0.225. The highest BCUT2D eigenvalue weighted by Crippen LogP contribution is 2.43. The molecule has 4 heterocycles. The van der Waals surface area contributed by atoms with E-state index >= 15 is 0 Å². The summed E-state index contributed by atoms with van der Waals surface area (Å²) in [6, 6.07) is 9.41. The van der Waals surface area contributed by atoms with Crippen LogP contribution in [0.3, 0.4) is 0 Å². The van der Waals surface area contributed by atoms with Crippen LogP contribution in [-0.2, 0) is 35.1 Å². The normalized spacial score (nSPS) is 28.3. The Labute approximate surface area is 217 Å². The molecule has 11 heteroatoms. The average Bonchev–Trinajstić information content (AvgIpc) is 3.55. The zero-order valence-electron chi connectivity index (χ0n) is 22.0. The van der Waals surface area contributed by atoms with Crippen LogP contribution in [-0.4, -0.2) is 96.1 Å². The Morgan fingerprint density at radius 2 is 1.92 bits per heavy atom. The number of benzene rings is 1. The summed E-state index contributed by atoms with van der Waals surface area (Å²) in [6.07, 6.45) is -0.200. The molecule has 5 atom stereocenters. The fraction of sp³-hybridized carbons (Fsp3) is 0.654. The Hall–Kier alpha value is -2.57. The van der Waals surface area contributed by atoms with Crippen LogP contribution in [0.25, 0.3) is 0 Å². The summed E-state index contributed by atoms with van der Waals surface area (Å²) in [4.78, 5) is 17.2. The van der Waals surface area contributed by atoms with Crippen molar-refractivity contribution in [2.75, 3.05) is 44.7 Å². The number of piperazine rings is 1. The Morgan fingerprint density at radius 1 is 1.16 bits per heavy atom. The third-order valence-corrected chi connectivity index (χ3v) is 7.04. The summed E-state index contributed by atoms with van der Waals surface area (Å²) in [7, 11) is 2.11. The highest BCUT2D eigenvalue weighted by atomic mass is 16.8. The summed E-state index contributed by atoms with van der Waals surface area (Å²) in [5.41, 5.74) is 1.03. The Morgan fingerprint density at radius 3 is 2.65 bits per heavy atom. The molecule has 0 radical (unpaired) electrons. The molecule has 0 bridgehead atoms. The lowest BCUT2D eigenvalue weighted by Gasteiger charge is -2.32. The molecule has 5 rings (SSSR count). The number of nitrogens with zero attached hydrogens (tertiary/aromatic N) is 5. The molecule has 0 spiro atoms. The molecule has 0 N–H and O–H groups in total. The molecular formula is C26H37N5O6. The number of ether oxygens (including phenoxy) is 5. The first-order valence-electron chi connectivity index (χ1n) is 13.0. The van der Waals surface area contributed by atoms with E-state index in [9.17, 15) is 4.79 Å². The van der Waals surface area contributed by atoms with Crippen LogP contribution < -0.4 is 4.90 Å². The smallest absolute Gasteiger partial charge is 0.308 e. The van der Waals surface area contributed by atoms with Crippen molar-refractivity contribution in [2.24, 2.45) is 0 Å². The molecule has 0 saturated carbocycles. The van der Waals surface area contributed by atoms with Gasteiger partial charge in [0.25, 0.3) is 0 Å². The molecule has 2 unspecified atom stereocenters. The van der Waals surface area contributed by atoms with Crippen molar-refractivity contribution in [3.63, 3.8) is 0 Å². The molecular weight excluding hydrogens is 478 g/mol. The number of aromatic nitrogens is 3. The SMILES string of the molecule is CCOC(=O)CC(C1O[C@@H]2OC(C)(C)O[C@@H]2[C@H]1OCc1ccccc1)n1cc(N2CCN(C)CC2)nn1. The standard InChI is InChI=1S/C26H37N5O6/c1-5-33-21(32)15-19(31-16-20(27-28-31)30-13-11-29(4)12-14-30)22-23(34-17-18-9-7-6-8-10-18)24-25(35-22)37-26(2,3)36-24/h6-10,16,19,22-25H,5,11-15,17H2,1-4H3/t19?,22?,23-,24+,25+/m0/s1. The number of rotatable bonds is 9. The zero-order valence-corrected chi connectivity index (χ0v) is 22.0. The van der Waals surface area contributed by atoms with Crippen molar-refractivity contribution in [1.29, 1.82) is 0 Å². The molecule has 3 fully saturated rings. The predicted octanol–water partition coefficient (Wildman–Crippen LogP) is 1.99. The maximum Gasteiger partial charge on any atom is 0.308 e. The van der Waals surface area contributed by atoms with Crippen LogP contribution in [0.2, 0.25) is 0 Å². The maximum absolute atomic E-state index is 12.7. The Balaban J connectivity index is 1.41. The van der Waals surface area contributed by atoms with Gasteiger partial charge in [-0.1, -0.05) is 35.5 Å². The highest BCUT2D eigenvalue weighted by Gasteiger charge is 2.58. The number of hydrogen-bond donors (Lipinski definition) is 0. The van der Waals surface area contributed by atoms with Crippen molar-refractivity contribution < 1.29 is 28.5 Å². The van der Waals surface area contributed by atoms with Crippen LogP contribution in [0.1, 0.15) is 38.8 Å². The van der Waals surface area contributed by atoms with Gasteiger partial charge >= 0.3 is 5.97 Å². The van der Waals surface area contributed by atoms with Gasteiger partial charge in [-0.2, -0.15) is 0 Å². The van der Waals surface area contributed by atoms with E-state index < -0.39 is 36.4 Å². The van der Waals surface area contributed by atoms with E-state index in [1.807, 2.05) is 50.4 Å². The zero-order chi connectivity index (χ0) is 26.0. The lowest BCUT2D eigenvalue weighted by atomic mass is 10.0. The summed E-state index contributed by atoms with van der Waals surface area (Å²) in [5.74, 6) is -0.364. The molecule has 11 nitrogen and oxygen atoms in total. The molecule has 37 heavy (non-hydrogen) atoms. The number of anilines is 1. The van der Waals surface area contributed by atoms with Crippen LogP contribution in [0, 0.1) is 0 Å². The summed E-state index contributed by atoms with van der Waals surface area (Å²) in [5, 5.41) is 8.86. The molecule has 3 aliphatic rings. The first-order valence-corrected chi connectivity index (χ1v) is 13.0. The minimum atomic E-state index is -0.798. The third kappa shape index (κ3) is 5.96. The molecule has 1 aromatic heterocycles. The highest BCUT2D eigenvalue weighted by molar-refractivity contribution is 5.70. The number of likely N-dealkylation sites (N-methyl/N-ethyl adjacent to an activating group) is 1. The van der Waals surface area contributed by atoms with Crippen molar-refractivity contribution in [3.8, 4) is 0 Å². The van der Waals surface area contributed by atoms with Gasteiger partial charge < -0.3 is 33.5 Å². The van der Waals surface area contributed by atoms with Crippen molar-refractivity contribution >= 4 is 11.8 Å². The molecule has 0 aliphatic carbocycles. The maximum atomic E-state index is 12.7. The number of hydrogen-bond acceptors (Lipinski definition) is 10. The van der Waals surface area contributed by atoms with Gasteiger partial charge in [0.2, 0.25) is 0 Å². The summed E-state index contributed by atoms with van der Waals surface area (Å²) < 4.78 is 32.1. The molecule has 3 saturated heterocycles. The fourth-order valence-corrected chi connectivity index (χ4v) is 5.13. The minimum Gasteiger partial charge on any atom is -0.466 e. The largest absolute Gasteiger partial charge is 0.466 e. The van der Waals surface area contributed by atoms with Crippen molar-refractivity contribution in [1.82, 2.24) is 19.9 Å². The first kappa shape index (κ1) is 26.1. The second-order valence-corrected chi connectivity index (χ2v) is 10.3. The topological polar surface area (TPSA) is 100 Å². The monoisotopic (exact) mass is 515 g/mol. The van der Waals surface area contributed by atoms with Crippen LogP contribution >= 0.6 is 0 Å². The molecule has 2 aromatic rings. The van der Waals surface area contributed by atoms with Gasteiger partial charge in [-0.15, -0.1) is 5.10 Å². The molecule has 3 aliphatic heterocycles. The fourth-order valence-electron chi connectivity index (χ4n) is 5.13. The molecule has 0 amide bonds. The van der Waals surface area contributed by atoms with Crippen LogP contribution in [0.15, 0.2) is 36.5 Å². The van der Waals surface area contributed by atoms with Gasteiger partial charge in [-0.05, 0) is 33.4 Å². The van der Waals surface area contributed by atoms with Gasteiger partial charge in [0.15, 0.2) is 17.9 Å². The third-order valence-electron chi connectivity index (χ3n) is 7.04. The number of fused-ring (bicyclic) bond motifs is 1. The van der Waals surface area contributed by atoms with Gasteiger partial charge in [-0.3, -0.25) is 4.79 Å². The number of esters is 1. The van der Waals surface area contributed by atoms with Crippen LogP contribution in [0.5, 0.6) is 0 Å². The van der Waals surface area contributed by atoms with E-state index in [2.05, 4.69) is 27.2 Å². The van der Waals surface area contributed by atoms with Crippen molar-refractivity contribution in [2.45, 2.75) is 70.2 Å². The van der Waals surface area contributed by atoms with E-state index in [0.717, 1.165) is 37.6 Å². The average molecular weight is 516 g/mol. The number of carbonyl (C=O) groups excluding carboxylic acids is 1. The molecule has 1 aromatic carbocycles. The van der Waals surface area contributed by atoms with E-state index in [1.54, 1.807) is 11.6 Å². The second kappa shape index (κ2) is 11.0. The lowest BCUT2D eigenvalue weighted by Crippen LogP contribution is -2.44. The Kier molecular flexibility index (Phi) is 7.77. The Bertz CT molecular complexity index is 1040. The van der Waals surface area contributed by atoms with E-state index in [0.29, 0.717) is 13.2 Å². The van der Waals surface area contributed by atoms with E-state index in [-0.39, 0.29) is 12.4 Å².